The zero-order valence-electron chi connectivity index (χ0n) is 12.0. The molecule has 1 aromatic rings. The van der Waals surface area contributed by atoms with Crippen molar-refractivity contribution in [3.8, 4) is 5.75 Å². The van der Waals surface area contributed by atoms with Crippen molar-refractivity contribution >= 4 is 0 Å². The summed E-state index contributed by atoms with van der Waals surface area (Å²) in [6.07, 6.45) is 9.16. The molecule has 3 heteroatoms. The molecule has 0 aromatic heterocycles. The summed E-state index contributed by atoms with van der Waals surface area (Å²) in [4.78, 5) is 0. The first-order valence-electron chi connectivity index (χ1n) is 7.88. The highest BCUT2D eigenvalue weighted by molar-refractivity contribution is 5.34. The van der Waals surface area contributed by atoms with Crippen LogP contribution in [0.1, 0.15) is 56.9 Å². The number of halogens is 1. The Balaban J connectivity index is 1.74. The van der Waals surface area contributed by atoms with E-state index in [1.54, 1.807) is 6.07 Å². The lowest BCUT2D eigenvalue weighted by molar-refractivity contribution is 0.179. The Labute approximate surface area is 120 Å². The highest BCUT2D eigenvalue weighted by atomic mass is 19.1. The van der Waals surface area contributed by atoms with Gasteiger partial charge in [-0.25, -0.2) is 4.39 Å². The van der Waals surface area contributed by atoms with E-state index >= 15 is 0 Å². The number of nitrogens with two attached hydrogens (primary N) is 1. The third kappa shape index (κ3) is 2.98. The van der Waals surface area contributed by atoms with E-state index in [0.717, 1.165) is 31.2 Å². The molecular weight excluding hydrogens is 253 g/mol. The lowest BCUT2D eigenvalue weighted by Crippen LogP contribution is -2.38. The van der Waals surface area contributed by atoms with E-state index in [1.165, 1.54) is 31.7 Å². The first kappa shape index (κ1) is 13.9. The van der Waals surface area contributed by atoms with Gasteiger partial charge in [0.25, 0.3) is 0 Å². The molecule has 1 aromatic carbocycles. The van der Waals surface area contributed by atoms with E-state index in [1.807, 2.05) is 6.07 Å². The third-order valence-corrected chi connectivity index (χ3v) is 4.90. The first-order valence-corrected chi connectivity index (χ1v) is 7.88. The van der Waals surface area contributed by atoms with Gasteiger partial charge in [-0.3, -0.25) is 0 Å². The second kappa shape index (κ2) is 5.72. The maximum absolute atomic E-state index is 13.8. The standard InChI is InChI=1S/C17H24FNO/c18-15-9-14(17(19)7-2-1-3-8-17)10-16(11-15)20-12-13-5-4-6-13/h9-11,13H,1-8,12,19H2. The molecule has 0 atom stereocenters. The Hall–Kier alpha value is -1.09. The highest BCUT2D eigenvalue weighted by Gasteiger charge is 2.30. The fraction of sp³-hybridized carbons (Fsp3) is 0.647. The number of hydrogen-bond donors (Lipinski definition) is 1. The van der Waals surface area contributed by atoms with Crippen molar-refractivity contribution in [2.24, 2.45) is 11.7 Å². The van der Waals surface area contributed by atoms with Crippen molar-refractivity contribution in [3.63, 3.8) is 0 Å². The second-order valence-corrected chi connectivity index (χ2v) is 6.50. The summed E-state index contributed by atoms with van der Waals surface area (Å²) in [5, 5.41) is 0. The summed E-state index contributed by atoms with van der Waals surface area (Å²) in [6.45, 7) is 0.709. The molecule has 110 valence electrons. The largest absolute Gasteiger partial charge is 0.493 e. The molecule has 0 aliphatic heterocycles. The van der Waals surface area contributed by atoms with E-state index in [9.17, 15) is 4.39 Å². The average Bonchev–Trinajstić information content (AvgIpc) is 2.37. The van der Waals surface area contributed by atoms with Gasteiger partial charge in [-0.2, -0.15) is 0 Å². The van der Waals surface area contributed by atoms with Crippen LogP contribution < -0.4 is 10.5 Å². The van der Waals surface area contributed by atoms with Gasteiger partial charge in [0.2, 0.25) is 0 Å². The molecule has 2 aliphatic rings. The summed E-state index contributed by atoms with van der Waals surface area (Å²) in [6, 6.07) is 5.02. The molecule has 2 fully saturated rings. The summed E-state index contributed by atoms with van der Waals surface area (Å²) in [5.74, 6) is 1.06. The fourth-order valence-corrected chi connectivity index (χ4v) is 3.28. The summed E-state index contributed by atoms with van der Waals surface area (Å²) >= 11 is 0. The van der Waals surface area contributed by atoms with Crippen LogP contribution in [-0.4, -0.2) is 6.61 Å². The summed E-state index contributed by atoms with van der Waals surface area (Å²) < 4.78 is 19.6. The fourth-order valence-electron chi connectivity index (χ4n) is 3.28. The SMILES string of the molecule is NC1(c2cc(F)cc(OCC3CCC3)c2)CCCCC1. The van der Waals surface area contributed by atoms with E-state index in [-0.39, 0.29) is 11.4 Å². The maximum atomic E-state index is 13.8. The molecule has 0 amide bonds. The van der Waals surface area contributed by atoms with Gasteiger partial charge in [-0.1, -0.05) is 25.7 Å². The molecular formula is C17H24FNO. The van der Waals surface area contributed by atoms with Crippen LogP contribution in [0.4, 0.5) is 4.39 Å². The Morgan fingerprint density at radius 1 is 1.10 bits per heavy atom. The van der Waals surface area contributed by atoms with Crippen LogP contribution in [0.2, 0.25) is 0 Å². The van der Waals surface area contributed by atoms with Crippen LogP contribution in [-0.2, 0) is 5.54 Å². The van der Waals surface area contributed by atoms with Crippen LogP contribution in [0.25, 0.3) is 0 Å². The van der Waals surface area contributed by atoms with Crippen LogP contribution in [0.15, 0.2) is 18.2 Å². The maximum Gasteiger partial charge on any atom is 0.127 e. The smallest absolute Gasteiger partial charge is 0.127 e. The minimum Gasteiger partial charge on any atom is -0.493 e. The Kier molecular flexibility index (Phi) is 3.97. The van der Waals surface area contributed by atoms with Gasteiger partial charge >= 0.3 is 0 Å². The van der Waals surface area contributed by atoms with Crippen molar-refractivity contribution in [2.75, 3.05) is 6.61 Å². The Bertz CT molecular complexity index is 464. The van der Waals surface area contributed by atoms with E-state index in [0.29, 0.717) is 18.3 Å². The van der Waals surface area contributed by atoms with Gasteiger partial charge in [0.05, 0.1) is 6.61 Å². The molecule has 0 spiro atoms. The van der Waals surface area contributed by atoms with Crippen molar-refractivity contribution in [1.29, 1.82) is 0 Å². The molecule has 0 saturated heterocycles. The van der Waals surface area contributed by atoms with Gasteiger partial charge in [-0.15, -0.1) is 0 Å². The normalized spacial score (nSPS) is 22.3. The van der Waals surface area contributed by atoms with Gasteiger partial charge in [0.15, 0.2) is 0 Å². The quantitative estimate of drug-likeness (QED) is 0.898. The number of hydrogen-bond acceptors (Lipinski definition) is 2. The minimum atomic E-state index is -0.366. The van der Waals surface area contributed by atoms with Crippen LogP contribution in [0.3, 0.4) is 0 Å². The van der Waals surface area contributed by atoms with E-state index in [4.69, 9.17) is 10.5 Å². The zero-order valence-corrected chi connectivity index (χ0v) is 12.0. The Morgan fingerprint density at radius 2 is 1.85 bits per heavy atom. The van der Waals surface area contributed by atoms with Crippen molar-refractivity contribution in [1.82, 2.24) is 0 Å². The molecule has 0 unspecified atom stereocenters. The average molecular weight is 277 g/mol. The van der Waals surface area contributed by atoms with Gasteiger partial charge in [0.1, 0.15) is 11.6 Å². The lowest BCUT2D eigenvalue weighted by Gasteiger charge is -2.34. The number of ether oxygens (including phenoxy) is 1. The summed E-state index contributed by atoms with van der Waals surface area (Å²) in [5.41, 5.74) is 7.03. The number of rotatable bonds is 4. The van der Waals surface area contributed by atoms with Crippen LogP contribution in [0.5, 0.6) is 5.75 Å². The molecule has 2 nitrogen and oxygen atoms in total. The molecule has 0 heterocycles. The summed E-state index contributed by atoms with van der Waals surface area (Å²) in [7, 11) is 0. The van der Waals surface area contributed by atoms with E-state index < -0.39 is 0 Å². The van der Waals surface area contributed by atoms with Crippen molar-refractivity contribution in [3.05, 3.63) is 29.6 Å². The Morgan fingerprint density at radius 3 is 2.50 bits per heavy atom. The minimum absolute atomic E-state index is 0.235. The van der Waals surface area contributed by atoms with Crippen molar-refractivity contribution < 1.29 is 9.13 Å². The van der Waals surface area contributed by atoms with Crippen LogP contribution >= 0.6 is 0 Å². The van der Waals surface area contributed by atoms with Gasteiger partial charge in [-0.05, 0) is 49.3 Å². The third-order valence-electron chi connectivity index (χ3n) is 4.90. The molecule has 2 saturated carbocycles. The lowest BCUT2D eigenvalue weighted by atomic mass is 9.77. The second-order valence-electron chi connectivity index (χ2n) is 6.50. The molecule has 0 bridgehead atoms. The first-order chi connectivity index (χ1) is 9.66. The topological polar surface area (TPSA) is 35.2 Å². The van der Waals surface area contributed by atoms with Crippen molar-refractivity contribution in [2.45, 2.75) is 56.9 Å². The molecule has 2 aliphatic carbocycles. The molecule has 20 heavy (non-hydrogen) atoms. The van der Waals surface area contributed by atoms with E-state index in [2.05, 4.69) is 0 Å². The molecule has 3 rings (SSSR count). The monoisotopic (exact) mass is 277 g/mol. The van der Waals surface area contributed by atoms with Gasteiger partial charge < -0.3 is 10.5 Å². The predicted molar refractivity (Wildman–Crippen MR) is 78.2 cm³/mol. The van der Waals surface area contributed by atoms with Crippen LogP contribution in [0, 0.1) is 11.7 Å². The molecule has 2 N–H and O–H groups in total. The predicted octanol–water partition coefficient (Wildman–Crippen LogP) is 4.12. The highest BCUT2D eigenvalue weighted by Crippen LogP contribution is 2.36. The zero-order chi connectivity index (χ0) is 14.0. The number of benzene rings is 1. The molecule has 0 radical (unpaired) electrons. The van der Waals surface area contributed by atoms with Gasteiger partial charge in [0, 0.05) is 11.6 Å².